The molecule has 48 heavy (non-hydrogen) atoms. The second-order valence-corrected chi connectivity index (χ2v) is 12.0. The molecule has 4 aromatic carbocycles. The fraction of sp³-hybridized carbons (Fsp3) is 0.162. The largest absolute Gasteiger partial charge is 0.493 e. The van der Waals surface area contributed by atoms with Crippen molar-refractivity contribution in [3.8, 4) is 23.3 Å². The van der Waals surface area contributed by atoms with Crippen LogP contribution >= 0.6 is 11.3 Å². The van der Waals surface area contributed by atoms with Gasteiger partial charge in [-0.25, -0.2) is 0 Å². The minimum atomic E-state index is -4.63. The highest BCUT2D eigenvalue weighted by molar-refractivity contribution is 7.07. The molecule has 0 atom stereocenters. The SMILES string of the molecule is COc1ccc(/C=c2\s/c(=C(\C#N)C(=O)Nc3cccc(C(F)(F)F)c3)n(-c3ccc(C(C)C)cc3)c2=O)cc1OCc1ccccc1. The van der Waals surface area contributed by atoms with Crippen LogP contribution < -0.4 is 29.5 Å². The molecule has 5 aromatic rings. The Hall–Kier alpha value is -5.60. The fourth-order valence-corrected chi connectivity index (χ4v) is 5.94. The van der Waals surface area contributed by atoms with Gasteiger partial charge in [0.1, 0.15) is 17.3 Å². The van der Waals surface area contributed by atoms with E-state index >= 15 is 0 Å². The molecule has 0 aliphatic rings. The number of nitriles is 1. The highest BCUT2D eigenvalue weighted by Crippen LogP contribution is 2.31. The Labute approximate surface area is 278 Å². The Bertz CT molecular complexity index is 2170. The zero-order chi connectivity index (χ0) is 34.4. The van der Waals surface area contributed by atoms with Gasteiger partial charge < -0.3 is 14.8 Å². The van der Waals surface area contributed by atoms with Crippen molar-refractivity contribution in [2.24, 2.45) is 0 Å². The van der Waals surface area contributed by atoms with Crippen LogP contribution in [-0.2, 0) is 17.6 Å². The van der Waals surface area contributed by atoms with Crippen molar-refractivity contribution in [2.75, 3.05) is 12.4 Å². The predicted molar refractivity (Wildman–Crippen MR) is 180 cm³/mol. The van der Waals surface area contributed by atoms with Gasteiger partial charge in [-0.2, -0.15) is 18.4 Å². The molecule has 0 unspecified atom stereocenters. The third kappa shape index (κ3) is 7.67. The lowest BCUT2D eigenvalue weighted by Crippen LogP contribution is -2.32. The summed E-state index contributed by atoms with van der Waals surface area (Å²) in [5, 5.41) is 12.5. The van der Waals surface area contributed by atoms with E-state index in [0.717, 1.165) is 40.7 Å². The third-order valence-corrected chi connectivity index (χ3v) is 8.46. The molecule has 1 heterocycles. The van der Waals surface area contributed by atoms with Crippen LogP contribution in [0.15, 0.2) is 102 Å². The van der Waals surface area contributed by atoms with Gasteiger partial charge in [0.15, 0.2) is 17.1 Å². The van der Waals surface area contributed by atoms with Crippen molar-refractivity contribution < 1.29 is 27.4 Å². The summed E-state index contributed by atoms with van der Waals surface area (Å²) < 4.78 is 52.9. The van der Waals surface area contributed by atoms with Crippen molar-refractivity contribution in [1.82, 2.24) is 4.57 Å². The monoisotopic (exact) mass is 669 g/mol. The maximum Gasteiger partial charge on any atom is 0.416 e. The van der Waals surface area contributed by atoms with Gasteiger partial charge in [0, 0.05) is 5.69 Å². The van der Waals surface area contributed by atoms with E-state index in [9.17, 15) is 28.0 Å². The molecular weight excluding hydrogens is 639 g/mol. The van der Waals surface area contributed by atoms with E-state index in [1.54, 1.807) is 36.4 Å². The van der Waals surface area contributed by atoms with Crippen molar-refractivity contribution >= 4 is 34.6 Å². The highest BCUT2D eigenvalue weighted by atomic mass is 32.1. The van der Waals surface area contributed by atoms with E-state index in [0.29, 0.717) is 22.7 Å². The Morgan fingerprint density at radius 1 is 0.979 bits per heavy atom. The molecule has 1 aromatic heterocycles. The molecule has 0 saturated carbocycles. The summed E-state index contributed by atoms with van der Waals surface area (Å²) in [5.74, 6) is 0.192. The fourth-order valence-electron chi connectivity index (χ4n) is 4.84. The summed E-state index contributed by atoms with van der Waals surface area (Å²) >= 11 is 0.914. The number of methoxy groups -OCH3 is 1. The molecule has 11 heteroatoms. The molecule has 1 N–H and O–H groups in total. The predicted octanol–water partition coefficient (Wildman–Crippen LogP) is 6.77. The number of hydrogen-bond acceptors (Lipinski definition) is 6. The van der Waals surface area contributed by atoms with E-state index in [4.69, 9.17) is 9.47 Å². The van der Waals surface area contributed by atoms with Crippen LogP contribution in [0.3, 0.4) is 0 Å². The molecule has 0 bridgehead atoms. The van der Waals surface area contributed by atoms with Crippen LogP contribution in [0.1, 0.15) is 42.0 Å². The second kappa shape index (κ2) is 14.4. The molecule has 0 fully saturated rings. The average molecular weight is 670 g/mol. The summed E-state index contributed by atoms with van der Waals surface area (Å²) in [5.41, 5.74) is 0.935. The minimum Gasteiger partial charge on any atom is -0.493 e. The zero-order valence-corrected chi connectivity index (χ0v) is 27.0. The number of ether oxygens (including phenoxy) is 2. The summed E-state index contributed by atoms with van der Waals surface area (Å²) in [6, 6.07) is 27.9. The van der Waals surface area contributed by atoms with Crippen LogP contribution in [0.5, 0.6) is 11.5 Å². The first-order valence-corrected chi connectivity index (χ1v) is 15.6. The van der Waals surface area contributed by atoms with Crippen molar-refractivity contribution in [3.05, 3.63) is 139 Å². The van der Waals surface area contributed by atoms with E-state index in [1.165, 1.54) is 17.7 Å². The Kier molecular flexibility index (Phi) is 10.2. The lowest BCUT2D eigenvalue weighted by molar-refractivity contribution is -0.137. The maximum absolute atomic E-state index is 14.0. The number of rotatable bonds is 9. The van der Waals surface area contributed by atoms with Gasteiger partial charge in [-0.1, -0.05) is 68.4 Å². The highest BCUT2D eigenvalue weighted by Gasteiger charge is 2.30. The quantitative estimate of drug-likeness (QED) is 0.187. The molecule has 0 saturated heterocycles. The van der Waals surface area contributed by atoms with Crippen LogP contribution in [0, 0.1) is 11.3 Å². The van der Waals surface area contributed by atoms with Crippen LogP contribution in [0.2, 0.25) is 0 Å². The first-order chi connectivity index (χ1) is 23.0. The molecule has 7 nitrogen and oxygen atoms in total. The van der Waals surface area contributed by atoms with Crippen molar-refractivity contribution in [1.29, 1.82) is 5.26 Å². The van der Waals surface area contributed by atoms with Crippen LogP contribution in [-0.4, -0.2) is 17.6 Å². The number of hydrogen-bond donors (Lipinski definition) is 1. The molecule has 5 rings (SSSR count). The molecule has 0 spiro atoms. The maximum atomic E-state index is 14.0. The van der Waals surface area contributed by atoms with E-state index in [2.05, 4.69) is 5.32 Å². The van der Waals surface area contributed by atoms with E-state index < -0.39 is 28.8 Å². The summed E-state index contributed by atoms with van der Waals surface area (Å²) in [6.07, 6.45) is -3.01. The molecule has 1 amide bonds. The summed E-state index contributed by atoms with van der Waals surface area (Å²) in [4.78, 5) is 27.4. The Morgan fingerprint density at radius 2 is 1.71 bits per heavy atom. The smallest absolute Gasteiger partial charge is 0.416 e. The second-order valence-electron chi connectivity index (χ2n) is 11.0. The van der Waals surface area contributed by atoms with Crippen LogP contribution in [0.25, 0.3) is 17.3 Å². The number of carbonyl (C=O) groups excluding carboxylic acids is 1. The van der Waals surface area contributed by atoms with E-state index in [1.807, 2.05) is 62.4 Å². The standard InChI is InChI=1S/C37H30F3N3O4S/c1-23(2)26-13-15-29(16-14-26)43-35(45)33(19-25-12-17-31(46-3)32(18-25)47-22-24-8-5-4-6-9-24)48-36(43)30(21-41)34(44)42-28-11-7-10-27(20-28)37(38,39)40/h4-20,23H,22H2,1-3H3,(H,42,44)/b33-19-,36-30+. The first-order valence-electron chi connectivity index (χ1n) is 14.8. The summed E-state index contributed by atoms with van der Waals surface area (Å²) in [7, 11) is 1.52. The first kappa shape index (κ1) is 33.8. The average Bonchev–Trinajstić information content (AvgIpc) is 3.38. The van der Waals surface area contributed by atoms with Gasteiger partial charge in [0.25, 0.3) is 11.5 Å². The number of anilines is 1. The minimum absolute atomic E-state index is 0.0181. The number of nitrogens with one attached hydrogen (secondary N) is 1. The normalized spacial score (nSPS) is 12.4. The number of benzene rings is 4. The number of nitrogens with zero attached hydrogens (tertiary/aromatic N) is 2. The van der Waals surface area contributed by atoms with Gasteiger partial charge in [0.05, 0.1) is 22.9 Å². The van der Waals surface area contributed by atoms with Gasteiger partial charge in [0.2, 0.25) is 0 Å². The van der Waals surface area contributed by atoms with Gasteiger partial charge in [-0.15, -0.1) is 11.3 Å². The number of amides is 1. The zero-order valence-electron chi connectivity index (χ0n) is 26.2. The number of aromatic nitrogens is 1. The topological polar surface area (TPSA) is 93.4 Å². The Morgan fingerprint density at radius 3 is 2.35 bits per heavy atom. The number of thiazole rings is 1. The molecular formula is C37H30F3N3O4S. The number of halogens is 3. The molecule has 244 valence electrons. The van der Waals surface area contributed by atoms with Gasteiger partial charge >= 0.3 is 6.18 Å². The van der Waals surface area contributed by atoms with Gasteiger partial charge in [-0.05, 0) is 71.1 Å². The van der Waals surface area contributed by atoms with Crippen molar-refractivity contribution in [3.63, 3.8) is 0 Å². The third-order valence-electron chi connectivity index (χ3n) is 7.36. The van der Waals surface area contributed by atoms with E-state index in [-0.39, 0.29) is 27.4 Å². The Balaban J connectivity index is 1.63. The van der Waals surface area contributed by atoms with Gasteiger partial charge in [-0.3, -0.25) is 14.2 Å². The molecule has 0 radical (unpaired) electrons. The molecule has 0 aliphatic heterocycles. The molecule has 0 aliphatic carbocycles. The van der Waals surface area contributed by atoms with Crippen molar-refractivity contribution in [2.45, 2.75) is 32.5 Å². The lowest BCUT2D eigenvalue weighted by Gasteiger charge is -2.11. The summed E-state index contributed by atoms with van der Waals surface area (Å²) in [6.45, 7) is 4.33. The number of carbonyl (C=O) groups is 1. The van der Waals surface area contributed by atoms with Crippen LogP contribution in [0.4, 0.5) is 18.9 Å². The number of alkyl halides is 3. The lowest BCUT2D eigenvalue weighted by atomic mass is 10.0.